The summed E-state index contributed by atoms with van der Waals surface area (Å²) in [5, 5.41) is 0. The van der Waals surface area contributed by atoms with Crippen LogP contribution in [0.1, 0.15) is 27.2 Å². The van der Waals surface area contributed by atoms with Gasteiger partial charge < -0.3 is 0 Å². The molecule has 0 bridgehead atoms. The van der Waals surface area contributed by atoms with Gasteiger partial charge in [0.2, 0.25) is 0 Å². The molecule has 0 aromatic carbocycles. The van der Waals surface area contributed by atoms with Gasteiger partial charge in [-0.05, 0) is 24.2 Å². The van der Waals surface area contributed by atoms with Gasteiger partial charge >= 0.3 is 0 Å². The largest absolute Gasteiger partial charge is 0.254 e. The Labute approximate surface area is 72.3 Å². The lowest BCUT2D eigenvalue weighted by atomic mass is 9.82. The van der Waals surface area contributed by atoms with Gasteiger partial charge in [0.05, 0.1) is 0 Å². The molecule has 2 saturated carbocycles. The highest BCUT2D eigenvalue weighted by atomic mass is 19.3. The highest BCUT2D eigenvalue weighted by molar-refractivity contribution is 5.10. The van der Waals surface area contributed by atoms with Crippen molar-refractivity contribution < 1.29 is 8.78 Å². The molecule has 2 fully saturated rings. The Morgan fingerprint density at radius 3 is 2.17 bits per heavy atom. The Kier molecular flexibility index (Phi) is 1.56. The molecule has 2 rings (SSSR count). The minimum Gasteiger partial charge on any atom is -0.206 e. The van der Waals surface area contributed by atoms with E-state index in [9.17, 15) is 8.78 Å². The average Bonchev–Trinajstić information content (AvgIpc) is 2.57. The van der Waals surface area contributed by atoms with Crippen molar-refractivity contribution in [2.24, 2.45) is 29.6 Å². The summed E-state index contributed by atoms with van der Waals surface area (Å²) in [6, 6.07) is 0. The van der Waals surface area contributed by atoms with E-state index in [0.29, 0.717) is 5.92 Å². The van der Waals surface area contributed by atoms with Crippen molar-refractivity contribution >= 4 is 0 Å². The maximum absolute atomic E-state index is 13.5. The highest BCUT2D eigenvalue weighted by Crippen LogP contribution is 2.66. The van der Waals surface area contributed by atoms with Crippen molar-refractivity contribution in [2.75, 3.05) is 0 Å². The Bertz CT molecular complexity index is 198. The predicted octanol–water partition coefficient (Wildman–Crippen LogP) is 3.18. The van der Waals surface area contributed by atoms with Crippen LogP contribution in [0.5, 0.6) is 0 Å². The van der Waals surface area contributed by atoms with Crippen LogP contribution >= 0.6 is 0 Å². The standard InChI is InChI=1S/C10H16F2/c1-5(2)9-6(3)7-4-8(7)10(9,11)12/h5-9H,4H2,1-3H3. The van der Waals surface area contributed by atoms with Crippen LogP contribution in [0.3, 0.4) is 0 Å². The van der Waals surface area contributed by atoms with E-state index >= 15 is 0 Å². The lowest BCUT2D eigenvalue weighted by Crippen LogP contribution is -2.33. The predicted molar refractivity (Wildman–Crippen MR) is 44.0 cm³/mol. The van der Waals surface area contributed by atoms with Crippen molar-refractivity contribution in [3.63, 3.8) is 0 Å². The number of rotatable bonds is 1. The topological polar surface area (TPSA) is 0 Å². The van der Waals surface area contributed by atoms with Crippen molar-refractivity contribution in [1.82, 2.24) is 0 Å². The lowest BCUT2D eigenvalue weighted by Gasteiger charge is -2.29. The first-order valence-corrected chi connectivity index (χ1v) is 4.84. The second-order valence-electron chi connectivity index (χ2n) is 4.81. The lowest BCUT2D eigenvalue weighted by molar-refractivity contribution is -0.0857. The van der Waals surface area contributed by atoms with Gasteiger partial charge in [0.1, 0.15) is 0 Å². The fraction of sp³-hybridized carbons (Fsp3) is 1.00. The zero-order valence-electron chi connectivity index (χ0n) is 7.85. The highest BCUT2D eigenvalue weighted by Gasteiger charge is 2.69. The molecular formula is C10H16F2. The van der Waals surface area contributed by atoms with Crippen LogP contribution < -0.4 is 0 Å². The fourth-order valence-corrected chi connectivity index (χ4v) is 3.15. The quantitative estimate of drug-likeness (QED) is 0.572. The molecule has 4 unspecified atom stereocenters. The molecule has 0 amide bonds. The number of hydrogen-bond donors (Lipinski definition) is 0. The first-order chi connectivity index (χ1) is 5.46. The molecule has 0 aliphatic heterocycles. The molecule has 0 saturated heterocycles. The molecule has 0 radical (unpaired) electrons. The van der Waals surface area contributed by atoms with E-state index in [1.54, 1.807) is 0 Å². The molecule has 2 heteroatoms. The Balaban J connectivity index is 2.22. The van der Waals surface area contributed by atoms with Gasteiger partial charge in [0, 0.05) is 11.8 Å². The van der Waals surface area contributed by atoms with Gasteiger partial charge in [0.15, 0.2) is 0 Å². The van der Waals surface area contributed by atoms with Gasteiger partial charge in [-0.15, -0.1) is 0 Å². The van der Waals surface area contributed by atoms with E-state index in [4.69, 9.17) is 0 Å². The molecule has 0 aromatic heterocycles. The number of alkyl halides is 2. The van der Waals surface area contributed by atoms with Crippen LogP contribution in [0.2, 0.25) is 0 Å². The molecule has 4 atom stereocenters. The monoisotopic (exact) mass is 174 g/mol. The fourth-order valence-electron chi connectivity index (χ4n) is 3.15. The van der Waals surface area contributed by atoms with Gasteiger partial charge in [-0.1, -0.05) is 20.8 Å². The van der Waals surface area contributed by atoms with E-state index in [2.05, 4.69) is 0 Å². The maximum atomic E-state index is 13.5. The van der Waals surface area contributed by atoms with Crippen LogP contribution in [0.15, 0.2) is 0 Å². The zero-order chi connectivity index (χ0) is 9.09. The van der Waals surface area contributed by atoms with Gasteiger partial charge in [-0.3, -0.25) is 0 Å². The second kappa shape index (κ2) is 2.21. The van der Waals surface area contributed by atoms with E-state index < -0.39 is 5.92 Å². The van der Waals surface area contributed by atoms with Crippen molar-refractivity contribution in [3.8, 4) is 0 Å². The third-order valence-electron chi connectivity index (χ3n) is 3.74. The van der Waals surface area contributed by atoms with Gasteiger partial charge in [-0.25, -0.2) is 8.78 Å². The summed E-state index contributed by atoms with van der Waals surface area (Å²) >= 11 is 0. The molecule has 0 N–H and O–H groups in total. The minimum atomic E-state index is -2.36. The molecule has 70 valence electrons. The SMILES string of the molecule is CC(C)C1C(C)C2CC2C1(F)F. The van der Waals surface area contributed by atoms with Gasteiger partial charge in [0.25, 0.3) is 5.92 Å². The summed E-state index contributed by atoms with van der Waals surface area (Å²) in [7, 11) is 0. The van der Waals surface area contributed by atoms with E-state index in [1.807, 2.05) is 20.8 Å². The third-order valence-corrected chi connectivity index (χ3v) is 3.74. The van der Waals surface area contributed by atoms with Crippen LogP contribution in [-0.2, 0) is 0 Å². The van der Waals surface area contributed by atoms with Crippen LogP contribution in [0.4, 0.5) is 8.78 Å². The third kappa shape index (κ3) is 0.868. The van der Waals surface area contributed by atoms with E-state index in [-0.39, 0.29) is 23.7 Å². The Hall–Kier alpha value is -0.140. The molecule has 0 heterocycles. The average molecular weight is 174 g/mol. The van der Waals surface area contributed by atoms with E-state index in [0.717, 1.165) is 6.42 Å². The van der Waals surface area contributed by atoms with E-state index in [1.165, 1.54) is 0 Å². The maximum Gasteiger partial charge on any atom is 0.254 e. The number of hydrogen-bond acceptors (Lipinski definition) is 0. The molecule has 0 nitrogen and oxygen atoms in total. The summed E-state index contributed by atoms with van der Waals surface area (Å²) in [5.41, 5.74) is 0. The molecule has 0 aromatic rings. The number of halogens is 2. The van der Waals surface area contributed by atoms with Crippen LogP contribution in [-0.4, -0.2) is 5.92 Å². The smallest absolute Gasteiger partial charge is 0.206 e. The molecular weight excluding hydrogens is 158 g/mol. The molecule has 2 aliphatic rings. The number of fused-ring (bicyclic) bond motifs is 1. The minimum absolute atomic E-state index is 0.128. The first kappa shape index (κ1) is 8.46. The summed E-state index contributed by atoms with van der Waals surface area (Å²) in [5.74, 6) is -2.28. The van der Waals surface area contributed by atoms with Gasteiger partial charge in [-0.2, -0.15) is 0 Å². The summed E-state index contributed by atoms with van der Waals surface area (Å²) in [6.45, 7) is 5.83. The summed E-state index contributed by atoms with van der Waals surface area (Å²) < 4.78 is 27.1. The Morgan fingerprint density at radius 1 is 1.33 bits per heavy atom. The van der Waals surface area contributed by atoms with Crippen molar-refractivity contribution in [1.29, 1.82) is 0 Å². The second-order valence-corrected chi connectivity index (χ2v) is 4.81. The summed E-state index contributed by atoms with van der Waals surface area (Å²) in [4.78, 5) is 0. The molecule has 0 spiro atoms. The van der Waals surface area contributed by atoms with Crippen LogP contribution in [0.25, 0.3) is 0 Å². The van der Waals surface area contributed by atoms with Crippen molar-refractivity contribution in [3.05, 3.63) is 0 Å². The Morgan fingerprint density at radius 2 is 1.92 bits per heavy atom. The molecule has 12 heavy (non-hydrogen) atoms. The van der Waals surface area contributed by atoms with Crippen LogP contribution in [0, 0.1) is 29.6 Å². The molecule has 2 aliphatic carbocycles. The zero-order valence-corrected chi connectivity index (χ0v) is 7.85. The normalized spacial score (nSPS) is 49.5. The van der Waals surface area contributed by atoms with Crippen molar-refractivity contribution in [2.45, 2.75) is 33.1 Å². The first-order valence-electron chi connectivity index (χ1n) is 4.84. The summed E-state index contributed by atoms with van der Waals surface area (Å²) in [6.07, 6.45) is 0.775.